The molecule has 37 heavy (non-hydrogen) atoms. The van der Waals surface area contributed by atoms with Crippen molar-refractivity contribution in [3.05, 3.63) is 63.8 Å². The van der Waals surface area contributed by atoms with Crippen molar-refractivity contribution in [2.45, 2.75) is 76.2 Å². The van der Waals surface area contributed by atoms with Gasteiger partial charge in [0.2, 0.25) is 5.91 Å². The van der Waals surface area contributed by atoms with Crippen molar-refractivity contribution in [3.8, 4) is 0 Å². The van der Waals surface area contributed by atoms with Crippen LogP contribution in [-0.2, 0) is 23.9 Å². The predicted molar refractivity (Wildman–Crippen MR) is 132 cm³/mol. The Bertz CT molecular complexity index is 1240. The van der Waals surface area contributed by atoms with Crippen LogP contribution in [0.1, 0.15) is 67.8 Å². The van der Waals surface area contributed by atoms with Crippen molar-refractivity contribution in [1.29, 1.82) is 0 Å². The van der Waals surface area contributed by atoms with E-state index in [0.717, 1.165) is 64.2 Å². The lowest BCUT2D eigenvalue weighted by Gasteiger charge is -2.39. The van der Waals surface area contributed by atoms with E-state index in [9.17, 15) is 22.8 Å². The molecule has 1 amide bonds. The van der Waals surface area contributed by atoms with Gasteiger partial charge in [-0.3, -0.25) is 14.6 Å². The number of hydrogen-bond donors (Lipinski definition) is 0. The molecule has 9 heteroatoms. The van der Waals surface area contributed by atoms with Crippen LogP contribution in [0.15, 0.2) is 41.5 Å². The molecule has 0 aromatic carbocycles. The second-order valence-corrected chi connectivity index (χ2v) is 11.4. The average molecular weight is 515 g/mol. The molecule has 4 aliphatic rings. The molecule has 0 unspecified atom stereocenters. The van der Waals surface area contributed by atoms with Crippen molar-refractivity contribution in [3.63, 3.8) is 0 Å². The van der Waals surface area contributed by atoms with Crippen LogP contribution in [0.25, 0.3) is 0 Å². The summed E-state index contributed by atoms with van der Waals surface area (Å²) in [5.41, 5.74) is 0.0845. The predicted octanol–water partition coefficient (Wildman–Crippen LogP) is 4.43. The molecule has 1 saturated heterocycles. The molecule has 4 heterocycles. The van der Waals surface area contributed by atoms with Gasteiger partial charge in [0.25, 0.3) is 5.56 Å². The molecule has 2 saturated carbocycles. The number of rotatable bonds is 3. The van der Waals surface area contributed by atoms with Crippen LogP contribution in [0.5, 0.6) is 0 Å². The van der Waals surface area contributed by atoms with Gasteiger partial charge in [-0.25, -0.2) is 0 Å². The standard InChI is InChI=1S/C28H33F3N4O2/c29-28(30,31)21-14-19-18-34(13-8-24(19)32-17-21)26(37)27-9-3-4-20(27)15-23(16-27)33-11-6-22(7-12-33)35-10-2-1-5-25(35)36/h1-2,5,10,14,17,20,22-23H,3-4,6-9,11-13,15-16,18H2/t20-,23+,27-/m1/s1. The van der Waals surface area contributed by atoms with Gasteiger partial charge >= 0.3 is 6.18 Å². The lowest BCUT2D eigenvalue weighted by Crippen LogP contribution is -2.47. The third-order valence-corrected chi connectivity index (χ3v) is 9.45. The fourth-order valence-corrected chi connectivity index (χ4v) is 7.58. The van der Waals surface area contributed by atoms with E-state index in [2.05, 4.69) is 9.88 Å². The summed E-state index contributed by atoms with van der Waals surface area (Å²) in [6, 6.07) is 7.02. The minimum absolute atomic E-state index is 0.0431. The van der Waals surface area contributed by atoms with Gasteiger partial charge in [-0.2, -0.15) is 13.2 Å². The van der Waals surface area contributed by atoms with Gasteiger partial charge in [0, 0.05) is 68.8 Å². The molecule has 6 nitrogen and oxygen atoms in total. The molecule has 0 radical (unpaired) electrons. The maximum Gasteiger partial charge on any atom is 0.417 e. The van der Waals surface area contributed by atoms with Crippen LogP contribution in [0.2, 0.25) is 0 Å². The van der Waals surface area contributed by atoms with Crippen molar-refractivity contribution in [1.82, 2.24) is 19.4 Å². The third kappa shape index (κ3) is 4.39. The molecule has 198 valence electrons. The summed E-state index contributed by atoms with van der Waals surface area (Å²) >= 11 is 0. The second-order valence-electron chi connectivity index (χ2n) is 11.4. The number of pyridine rings is 2. The van der Waals surface area contributed by atoms with Gasteiger partial charge in [0.05, 0.1) is 11.0 Å². The number of piperidine rings is 1. The summed E-state index contributed by atoms with van der Waals surface area (Å²) < 4.78 is 41.6. The molecule has 2 aliphatic carbocycles. The molecule has 3 fully saturated rings. The number of fused-ring (bicyclic) bond motifs is 2. The normalized spacial score (nSPS) is 28.8. The van der Waals surface area contributed by atoms with Crippen LogP contribution >= 0.6 is 0 Å². The first-order chi connectivity index (χ1) is 17.7. The molecular weight excluding hydrogens is 481 g/mol. The van der Waals surface area contributed by atoms with Gasteiger partial charge in [0.15, 0.2) is 0 Å². The van der Waals surface area contributed by atoms with E-state index < -0.39 is 17.2 Å². The zero-order chi connectivity index (χ0) is 25.8. The lowest BCUT2D eigenvalue weighted by atomic mass is 9.78. The summed E-state index contributed by atoms with van der Waals surface area (Å²) in [5, 5.41) is 0. The van der Waals surface area contributed by atoms with Crippen LogP contribution in [0, 0.1) is 11.3 Å². The number of carbonyl (C=O) groups excluding carboxylic acids is 1. The number of aromatic nitrogens is 2. The van der Waals surface area contributed by atoms with E-state index in [1.807, 2.05) is 16.8 Å². The third-order valence-electron chi connectivity index (χ3n) is 9.45. The first kappa shape index (κ1) is 24.6. The number of likely N-dealkylation sites (tertiary alicyclic amines) is 1. The van der Waals surface area contributed by atoms with Crippen molar-refractivity contribution in [2.75, 3.05) is 19.6 Å². The first-order valence-corrected chi connectivity index (χ1v) is 13.5. The Morgan fingerprint density at radius 2 is 1.89 bits per heavy atom. The van der Waals surface area contributed by atoms with E-state index >= 15 is 0 Å². The first-order valence-electron chi connectivity index (χ1n) is 13.5. The largest absolute Gasteiger partial charge is 0.417 e. The second kappa shape index (κ2) is 9.26. The summed E-state index contributed by atoms with van der Waals surface area (Å²) in [4.78, 5) is 34.7. The fraction of sp³-hybridized carbons (Fsp3) is 0.607. The van der Waals surface area contributed by atoms with Gasteiger partial charge in [0.1, 0.15) is 0 Å². The highest BCUT2D eigenvalue weighted by atomic mass is 19.4. The van der Waals surface area contributed by atoms with E-state index in [4.69, 9.17) is 0 Å². The van der Waals surface area contributed by atoms with E-state index in [1.165, 1.54) is 6.07 Å². The molecule has 2 aromatic rings. The number of nitrogens with zero attached hydrogens (tertiary/aromatic N) is 4. The minimum Gasteiger partial charge on any atom is -0.337 e. The summed E-state index contributed by atoms with van der Waals surface area (Å²) in [5.74, 6) is 0.465. The highest BCUT2D eigenvalue weighted by Gasteiger charge is 2.57. The monoisotopic (exact) mass is 514 g/mol. The molecule has 3 atom stereocenters. The number of carbonyl (C=O) groups is 1. The van der Waals surface area contributed by atoms with Crippen LogP contribution in [0.3, 0.4) is 0 Å². The van der Waals surface area contributed by atoms with E-state index in [0.29, 0.717) is 36.2 Å². The SMILES string of the molecule is O=C(N1CCc2ncc(C(F)(F)F)cc2C1)[C@@]12CCC[C@@H]1C[C@H](N1CCC(n3ccccc3=O)CC1)C2. The Morgan fingerprint density at radius 3 is 2.65 bits per heavy atom. The quantitative estimate of drug-likeness (QED) is 0.608. The van der Waals surface area contributed by atoms with Crippen LogP contribution in [0.4, 0.5) is 13.2 Å². The number of alkyl halides is 3. The molecule has 2 aromatic heterocycles. The van der Waals surface area contributed by atoms with Gasteiger partial charge in [-0.05, 0) is 62.1 Å². The van der Waals surface area contributed by atoms with Gasteiger partial charge in [-0.1, -0.05) is 12.5 Å². The zero-order valence-corrected chi connectivity index (χ0v) is 20.9. The highest BCUT2D eigenvalue weighted by Crippen LogP contribution is 2.56. The summed E-state index contributed by atoms with van der Waals surface area (Å²) in [6.45, 7) is 2.55. The Morgan fingerprint density at radius 1 is 1.08 bits per heavy atom. The maximum atomic E-state index is 14.0. The van der Waals surface area contributed by atoms with Crippen molar-refractivity contribution >= 4 is 5.91 Å². The Kier molecular flexibility index (Phi) is 6.17. The molecule has 0 bridgehead atoms. The topological polar surface area (TPSA) is 58.4 Å². The Balaban J connectivity index is 1.15. The smallest absolute Gasteiger partial charge is 0.337 e. The Labute approximate surface area is 214 Å². The number of amides is 1. The van der Waals surface area contributed by atoms with Gasteiger partial charge in [-0.15, -0.1) is 0 Å². The minimum atomic E-state index is -4.44. The molecule has 0 spiro atoms. The van der Waals surface area contributed by atoms with Crippen molar-refractivity contribution < 1.29 is 18.0 Å². The summed E-state index contributed by atoms with van der Waals surface area (Å²) in [7, 11) is 0. The zero-order valence-electron chi connectivity index (χ0n) is 20.9. The molecule has 6 rings (SSSR count). The van der Waals surface area contributed by atoms with Crippen LogP contribution in [-0.4, -0.2) is 50.9 Å². The van der Waals surface area contributed by atoms with Crippen LogP contribution < -0.4 is 5.56 Å². The average Bonchev–Trinajstić information content (AvgIpc) is 3.46. The lowest BCUT2D eigenvalue weighted by molar-refractivity contribution is -0.144. The number of hydrogen-bond acceptors (Lipinski definition) is 4. The summed E-state index contributed by atoms with van der Waals surface area (Å²) in [6.07, 6.45) is 5.46. The molecule has 2 aliphatic heterocycles. The molecular formula is C28H33F3N4O2. The number of halogens is 3. The fourth-order valence-electron chi connectivity index (χ4n) is 7.58. The highest BCUT2D eigenvalue weighted by molar-refractivity contribution is 5.84. The van der Waals surface area contributed by atoms with E-state index in [1.54, 1.807) is 17.0 Å². The molecule has 0 N–H and O–H groups in total. The van der Waals surface area contributed by atoms with E-state index in [-0.39, 0.29) is 24.1 Å². The van der Waals surface area contributed by atoms with Crippen molar-refractivity contribution in [2.24, 2.45) is 11.3 Å². The Hall–Kier alpha value is -2.68. The van der Waals surface area contributed by atoms with Gasteiger partial charge < -0.3 is 14.4 Å². The maximum absolute atomic E-state index is 14.0.